The van der Waals surface area contributed by atoms with Gasteiger partial charge >= 0.3 is 6.09 Å². The minimum absolute atomic E-state index is 0.0389. The number of ether oxygens (including phenoxy) is 1. The Labute approximate surface area is 109 Å². The molecule has 0 saturated heterocycles. The lowest BCUT2D eigenvalue weighted by Gasteiger charge is -2.15. The zero-order chi connectivity index (χ0) is 12.7. The second kappa shape index (κ2) is 7.29. The van der Waals surface area contributed by atoms with Gasteiger partial charge in [0.2, 0.25) is 0 Å². The third-order valence-corrected chi connectivity index (χ3v) is 3.15. The van der Waals surface area contributed by atoms with Gasteiger partial charge in [0.15, 0.2) is 5.78 Å². The van der Waals surface area contributed by atoms with Crippen LogP contribution in [0, 0.1) is 0 Å². The predicted octanol–water partition coefficient (Wildman–Crippen LogP) is 2.63. The average Bonchev–Trinajstić information content (AvgIpc) is 2.86. The number of halogens is 1. The van der Waals surface area contributed by atoms with Gasteiger partial charge in [0.25, 0.3) is 0 Å². The predicted molar refractivity (Wildman–Crippen MR) is 68.0 cm³/mol. The van der Waals surface area contributed by atoms with Crippen molar-refractivity contribution in [1.29, 1.82) is 0 Å². The molecule has 0 unspecified atom stereocenters. The van der Waals surface area contributed by atoms with Gasteiger partial charge in [0.1, 0.15) is 6.61 Å². The van der Waals surface area contributed by atoms with Crippen LogP contribution in [0.2, 0.25) is 0 Å². The van der Waals surface area contributed by atoms with Crippen LogP contribution in [0.15, 0.2) is 17.5 Å². The summed E-state index contributed by atoms with van der Waals surface area (Å²) in [6.07, 6.45) is -0.155. The van der Waals surface area contributed by atoms with E-state index in [-0.39, 0.29) is 18.3 Å². The first kappa shape index (κ1) is 14.0. The van der Waals surface area contributed by atoms with Gasteiger partial charge in [-0.2, -0.15) is 0 Å². The molecule has 0 aliphatic carbocycles. The van der Waals surface area contributed by atoms with Crippen LogP contribution in [0.1, 0.15) is 16.1 Å². The first-order valence-corrected chi connectivity index (χ1v) is 6.57. The Balaban J connectivity index is 2.30. The summed E-state index contributed by atoms with van der Waals surface area (Å²) in [4.78, 5) is 25.1. The van der Waals surface area contributed by atoms with Crippen molar-refractivity contribution in [3.05, 3.63) is 22.4 Å². The molecule has 0 aliphatic heterocycles. The molecule has 0 aliphatic rings. The first-order valence-electron chi connectivity index (χ1n) is 5.15. The molecule has 1 rings (SSSR count). The molecule has 1 amide bonds. The van der Waals surface area contributed by atoms with Gasteiger partial charge in [-0.05, 0) is 11.4 Å². The molecule has 0 aromatic carbocycles. The van der Waals surface area contributed by atoms with E-state index in [2.05, 4.69) is 0 Å². The third kappa shape index (κ3) is 4.75. The van der Waals surface area contributed by atoms with Crippen LogP contribution < -0.4 is 0 Å². The molecule has 0 saturated carbocycles. The maximum atomic E-state index is 11.7. The van der Waals surface area contributed by atoms with E-state index in [4.69, 9.17) is 16.3 Å². The van der Waals surface area contributed by atoms with E-state index < -0.39 is 6.09 Å². The first-order chi connectivity index (χ1) is 8.15. The highest BCUT2D eigenvalue weighted by molar-refractivity contribution is 7.12. The number of rotatable bonds is 6. The minimum atomic E-state index is -0.454. The van der Waals surface area contributed by atoms with Crippen molar-refractivity contribution in [2.45, 2.75) is 6.42 Å². The minimum Gasteiger partial charge on any atom is -0.448 e. The largest absolute Gasteiger partial charge is 0.448 e. The number of ketones is 1. The molecule has 0 spiro atoms. The number of hydrogen-bond donors (Lipinski definition) is 0. The van der Waals surface area contributed by atoms with Gasteiger partial charge in [-0.1, -0.05) is 6.07 Å². The fraction of sp³-hybridized carbons (Fsp3) is 0.455. The smallest absolute Gasteiger partial charge is 0.409 e. The highest BCUT2D eigenvalue weighted by Crippen LogP contribution is 2.11. The second-order valence-electron chi connectivity index (χ2n) is 3.38. The Morgan fingerprint density at radius 2 is 2.29 bits per heavy atom. The molecule has 6 heteroatoms. The molecule has 1 heterocycles. The zero-order valence-corrected chi connectivity index (χ0v) is 11.1. The molecule has 17 heavy (non-hydrogen) atoms. The second-order valence-corrected chi connectivity index (χ2v) is 4.70. The summed E-state index contributed by atoms with van der Waals surface area (Å²) in [6.45, 7) is 0.529. The Morgan fingerprint density at radius 1 is 1.53 bits per heavy atom. The van der Waals surface area contributed by atoms with Crippen molar-refractivity contribution in [3.63, 3.8) is 0 Å². The van der Waals surface area contributed by atoms with E-state index in [9.17, 15) is 9.59 Å². The van der Waals surface area contributed by atoms with Crippen LogP contribution in [0.5, 0.6) is 0 Å². The summed E-state index contributed by atoms with van der Waals surface area (Å²) in [5.41, 5.74) is 0. The molecule has 0 radical (unpaired) electrons. The summed E-state index contributed by atoms with van der Waals surface area (Å²) in [5.74, 6) is 0.310. The zero-order valence-electron chi connectivity index (χ0n) is 9.52. The van der Waals surface area contributed by atoms with Gasteiger partial charge in [-0.25, -0.2) is 4.79 Å². The van der Waals surface area contributed by atoms with Crippen molar-refractivity contribution >= 4 is 34.8 Å². The summed E-state index contributed by atoms with van der Waals surface area (Å²) < 4.78 is 4.82. The van der Waals surface area contributed by atoms with Gasteiger partial charge in [-0.15, -0.1) is 22.9 Å². The Bertz CT molecular complexity index is 367. The van der Waals surface area contributed by atoms with Crippen LogP contribution in [-0.2, 0) is 4.74 Å². The van der Waals surface area contributed by atoms with Gasteiger partial charge in [-0.3, -0.25) is 4.79 Å². The molecule has 1 aromatic rings. The molecule has 1 aromatic heterocycles. The van der Waals surface area contributed by atoms with E-state index >= 15 is 0 Å². The van der Waals surface area contributed by atoms with E-state index in [1.165, 1.54) is 16.2 Å². The number of carbonyl (C=O) groups is 2. The third-order valence-electron chi connectivity index (χ3n) is 2.08. The maximum Gasteiger partial charge on any atom is 0.409 e. The quantitative estimate of drug-likeness (QED) is 0.592. The van der Waals surface area contributed by atoms with Crippen molar-refractivity contribution in [2.75, 3.05) is 26.1 Å². The molecule has 0 N–H and O–H groups in total. The fourth-order valence-electron chi connectivity index (χ4n) is 1.16. The molecular formula is C11H14ClNO3S. The summed E-state index contributed by atoms with van der Waals surface area (Å²) in [5, 5.41) is 1.85. The fourth-order valence-corrected chi connectivity index (χ4v) is 1.93. The Morgan fingerprint density at radius 3 is 2.88 bits per heavy atom. The van der Waals surface area contributed by atoms with Crippen LogP contribution in [0.25, 0.3) is 0 Å². The van der Waals surface area contributed by atoms with Gasteiger partial charge in [0.05, 0.1) is 10.8 Å². The summed E-state index contributed by atoms with van der Waals surface area (Å²) >= 11 is 6.80. The van der Waals surface area contributed by atoms with E-state index in [0.29, 0.717) is 17.8 Å². The number of carbonyl (C=O) groups excluding carboxylic acids is 2. The van der Waals surface area contributed by atoms with Crippen LogP contribution in [0.4, 0.5) is 4.79 Å². The van der Waals surface area contributed by atoms with Gasteiger partial charge < -0.3 is 9.64 Å². The summed E-state index contributed by atoms with van der Waals surface area (Å²) in [6, 6.07) is 3.61. The molecule has 0 bridgehead atoms. The van der Waals surface area contributed by atoms with Crippen molar-refractivity contribution in [1.82, 2.24) is 4.90 Å². The molecule has 94 valence electrons. The SMILES string of the molecule is CN(CCC(=O)c1cccs1)C(=O)OCCCl. The topological polar surface area (TPSA) is 46.6 Å². The number of hydrogen-bond acceptors (Lipinski definition) is 4. The Kier molecular flexibility index (Phi) is 6.00. The monoisotopic (exact) mass is 275 g/mol. The molecular weight excluding hydrogens is 262 g/mol. The lowest BCUT2D eigenvalue weighted by Crippen LogP contribution is -2.30. The van der Waals surface area contributed by atoms with Crippen molar-refractivity contribution in [3.8, 4) is 0 Å². The highest BCUT2D eigenvalue weighted by atomic mass is 35.5. The van der Waals surface area contributed by atoms with Crippen molar-refractivity contribution < 1.29 is 14.3 Å². The lowest BCUT2D eigenvalue weighted by atomic mass is 10.2. The molecule has 4 nitrogen and oxygen atoms in total. The highest BCUT2D eigenvalue weighted by Gasteiger charge is 2.13. The number of nitrogens with zero attached hydrogens (tertiary/aromatic N) is 1. The standard InChI is InChI=1S/C11H14ClNO3S/c1-13(11(15)16-7-5-12)6-4-9(14)10-3-2-8-17-10/h2-3,8H,4-7H2,1H3. The number of thiophene rings is 1. The molecule has 0 fully saturated rings. The van der Waals surface area contributed by atoms with Crippen LogP contribution in [0.3, 0.4) is 0 Å². The maximum absolute atomic E-state index is 11.7. The van der Waals surface area contributed by atoms with Crippen molar-refractivity contribution in [2.24, 2.45) is 0 Å². The Hall–Kier alpha value is -1.07. The van der Waals surface area contributed by atoms with Crippen LogP contribution >= 0.6 is 22.9 Å². The number of amides is 1. The lowest BCUT2D eigenvalue weighted by molar-refractivity contribution is 0.0951. The van der Waals surface area contributed by atoms with Crippen LogP contribution in [-0.4, -0.2) is 42.9 Å². The average molecular weight is 276 g/mol. The summed E-state index contributed by atoms with van der Waals surface area (Å²) in [7, 11) is 1.60. The van der Waals surface area contributed by atoms with Gasteiger partial charge in [0, 0.05) is 20.0 Å². The van der Waals surface area contributed by atoms with E-state index in [1.54, 1.807) is 13.1 Å². The number of alkyl halides is 1. The molecule has 0 atom stereocenters. The number of Topliss-reactive ketones (excluding diaryl/α,β-unsaturated/α-hetero) is 1. The van der Waals surface area contributed by atoms with E-state index in [0.717, 1.165) is 0 Å². The van der Waals surface area contributed by atoms with E-state index in [1.807, 2.05) is 11.4 Å². The normalized spacial score (nSPS) is 10.0.